The minimum Gasteiger partial charge on any atom is -1.00 e. The fourth-order valence-corrected chi connectivity index (χ4v) is 13.3. The molecule has 0 bridgehead atoms. The van der Waals surface area contributed by atoms with E-state index in [2.05, 4.69) is 64.1 Å². The van der Waals surface area contributed by atoms with Gasteiger partial charge in [-0.15, -0.1) is 44.5 Å². The number of fused-ring (bicyclic) bond motifs is 5. The van der Waals surface area contributed by atoms with E-state index in [0.29, 0.717) is 105 Å². The molecule has 1 saturated heterocycles. The molecule has 2 atom stereocenters. The van der Waals surface area contributed by atoms with Gasteiger partial charge in [0, 0.05) is 63.5 Å². The SMILES string of the molecule is C.C1CCOC1.COc1[c-]cccc1.COc1ccccc1C(=O)c1ccc2ccccc2c1N.COc1ccccc1C(=O)c1ccc2ccccc2c1NC(=O)CBr.COc1ccccc1C(=O)c1ccc2ccccc2c1[N+](=O)[O-].COc1ccccc1C(O)c1ccc2ccccc2c1[N+](=O)[O-].ClC(Cl)Cl.ClCCl.O=C(Br)CBr.O=CO[O-].O=Cc1ccc2ccccc2c1[N+](=O)[O-].[2H]PC.[Br-].[Fe].[Mg+2].[Na+]. The second-order valence-electron chi connectivity index (χ2n) is 27.2. The molecule has 15 aromatic carbocycles. The van der Waals surface area contributed by atoms with Crippen molar-refractivity contribution in [1.29, 1.82) is 1.28 Å². The van der Waals surface area contributed by atoms with Gasteiger partial charge in [0.05, 0.1) is 123 Å². The minimum absolute atomic E-state index is 0. The van der Waals surface area contributed by atoms with Crippen molar-refractivity contribution in [2.24, 2.45) is 0 Å². The first-order valence-corrected chi connectivity index (χ1v) is 47.1. The van der Waals surface area contributed by atoms with E-state index in [0.717, 1.165) is 56.7 Å². The van der Waals surface area contributed by atoms with Crippen LogP contribution in [0.15, 0.2) is 303 Å². The number of nitrogens with one attached hydrogen (secondary N) is 1. The number of aliphatic hydroxyl groups excluding tert-OH is 1. The zero-order chi connectivity index (χ0) is 102. The Morgan fingerprint density at radius 1 is 0.497 bits per heavy atom. The maximum Gasteiger partial charge on any atom is 2.00 e. The topological polar surface area (TPSA) is 395 Å². The summed E-state index contributed by atoms with van der Waals surface area (Å²) in [6.07, 6.45) is 1.92. The zero-order valence-corrected chi connectivity index (χ0v) is 92.7. The Morgan fingerprint density at radius 3 is 1.20 bits per heavy atom. The van der Waals surface area contributed by atoms with Gasteiger partial charge in [0.25, 0.3) is 23.5 Å². The molecular formula is C103H96Br4Cl5FeMgN5NaO22P. The summed E-state index contributed by atoms with van der Waals surface area (Å²) in [5, 5.41) is 64.1. The average molecular weight is 2390 g/mol. The van der Waals surface area contributed by atoms with Crippen molar-refractivity contribution >= 4 is 261 Å². The number of methoxy groups -OCH3 is 5. The van der Waals surface area contributed by atoms with Gasteiger partial charge in [-0.05, 0) is 147 Å². The van der Waals surface area contributed by atoms with Crippen molar-refractivity contribution in [3.05, 3.63) is 390 Å². The number of rotatable bonds is 21. The smallest absolute Gasteiger partial charge is 1.00 e. The van der Waals surface area contributed by atoms with E-state index in [1.165, 1.54) is 46.3 Å². The second kappa shape index (κ2) is 73.8. The van der Waals surface area contributed by atoms with Gasteiger partial charge in [0.2, 0.25) is 16.4 Å². The van der Waals surface area contributed by atoms with E-state index < -0.39 is 31.0 Å². The van der Waals surface area contributed by atoms with Crippen LogP contribution in [0.4, 0.5) is 28.4 Å². The molecule has 0 aromatic heterocycles. The molecule has 15 aromatic rings. The molecule has 744 valence electrons. The molecule has 0 radical (unpaired) electrons. The van der Waals surface area contributed by atoms with Gasteiger partial charge in [0.15, 0.2) is 22.1 Å². The number of hydrogen-bond acceptors (Lipinski definition) is 23. The van der Waals surface area contributed by atoms with E-state index in [4.69, 9.17) is 103 Å². The standard InChI is InChI=1S/C20H16BrNO3.C18H15NO4.C18H13NO4.C18H15NO2.C11H7NO3.C7H7O.C4H8O.C2H2Br2O.CHCl3.CH2Cl2.CH2O3.CH5P.CH4.BrH.Fe.Mg.Na/c1-25-17-9-5-4-8-15(17)20(24)16-11-10-13-6-2-3-7-14(13)19(16)22-18(23)12-21;2*1-23-16-9-5-4-8-14(16)18(20)15-11-10-12-6-2-3-7-13(12)17(15)19(21)22;1-21-16-9-5-4-8-14(16)18(20)15-11-10-12-6-2-3-7-13(12)17(15)19;13-7-9-6-5-8-3-1-2-4-10(8)11(9)12(14)15;1-8-7-5-3-2-4-6-7;1-2-4-5-3-1;3-1-2(4)5;2-1(3)4;2-1-3;2-1-4-3;1-2;;;;;/h2-11H,12H2,1H3,(H,22,23);2-11,18,20H,1H3;2-11H,1H3;2-11H,19H2,1H3;1-7H;2-5H,1H3;1-4H2;1H2;1H;1H2;1,3H;2H2,1H3;1H4;1H;;;/q;;;;;-1;;;;;;;;;;+2;+1/p-2/i;;;;;;;;;;;2D;;;;;. The molecule has 1 aliphatic heterocycles. The number of amides is 1. The van der Waals surface area contributed by atoms with Gasteiger partial charge >= 0.3 is 52.6 Å². The van der Waals surface area contributed by atoms with Crippen LogP contribution < -0.4 is 86.5 Å². The number of halogens is 9. The van der Waals surface area contributed by atoms with E-state index in [9.17, 15) is 64.2 Å². The Balaban J connectivity index is 0.00000164. The van der Waals surface area contributed by atoms with Crippen molar-refractivity contribution in [2.75, 3.05) is 82.5 Å². The summed E-state index contributed by atoms with van der Waals surface area (Å²) in [5.41, 5.74) is 9.92. The third-order valence-electron chi connectivity index (χ3n) is 19.1. The summed E-state index contributed by atoms with van der Waals surface area (Å²) < 4.78 is 36.3. The third kappa shape index (κ3) is 41.4. The molecular weight excluding hydrogens is 2290 g/mol. The summed E-state index contributed by atoms with van der Waals surface area (Å²) in [6, 6.07) is 91.6. The number of carbonyl (C=O) groups is 7. The van der Waals surface area contributed by atoms with Crippen LogP contribution in [0.25, 0.3) is 53.9 Å². The van der Waals surface area contributed by atoms with Crippen LogP contribution in [0.3, 0.4) is 0 Å². The molecule has 1 aliphatic rings. The van der Waals surface area contributed by atoms with Crippen molar-refractivity contribution < 1.29 is 156 Å². The first-order chi connectivity index (χ1) is 67.0. The predicted molar refractivity (Wildman–Crippen MR) is 571 cm³/mol. The summed E-state index contributed by atoms with van der Waals surface area (Å²) in [5.74, 6) is 1.73. The van der Waals surface area contributed by atoms with Gasteiger partial charge < -0.3 is 71.7 Å². The van der Waals surface area contributed by atoms with Crippen LogP contribution in [0.5, 0.6) is 28.7 Å². The maximum absolute atomic E-state index is 13.1. The van der Waals surface area contributed by atoms with Crippen LogP contribution in [0.1, 0.15) is 95.6 Å². The number of nitro groups is 3. The van der Waals surface area contributed by atoms with E-state index >= 15 is 0 Å². The van der Waals surface area contributed by atoms with Gasteiger partial charge in [-0.1, -0.05) is 269 Å². The maximum atomic E-state index is 13.1. The number of nitrogens with two attached hydrogens (primary N) is 1. The van der Waals surface area contributed by atoms with Crippen LogP contribution in [0, 0.1) is 36.4 Å². The van der Waals surface area contributed by atoms with Crippen molar-refractivity contribution in [2.45, 2.75) is 30.7 Å². The number of carbonyl (C=O) groups excluding carboxylic acids is 7. The molecule has 0 spiro atoms. The number of alkyl halides is 7. The van der Waals surface area contributed by atoms with Gasteiger partial charge in [-0.25, -0.2) is 0 Å². The average Bonchev–Trinajstić information content (AvgIpc) is 0.950. The number of nitrogen functional groups attached to an aromatic ring is 1. The van der Waals surface area contributed by atoms with E-state index in [1.807, 2.05) is 122 Å². The summed E-state index contributed by atoms with van der Waals surface area (Å²) >= 11 is 32.7. The Hall–Kier alpha value is -10.1. The van der Waals surface area contributed by atoms with Gasteiger partial charge in [0.1, 0.15) is 34.7 Å². The number of nitrogens with zero attached hydrogens (tertiary/aromatic N) is 3. The molecule has 1 heterocycles. The Morgan fingerprint density at radius 2 is 0.825 bits per heavy atom. The fourth-order valence-electron chi connectivity index (χ4n) is 13.2. The molecule has 16 rings (SSSR count). The largest absolute Gasteiger partial charge is 2.00 e. The van der Waals surface area contributed by atoms with Crippen LogP contribution in [-0.4, -0.2) is 161 Å². The number of hydrogen-bond donors (Lipinski definition) is 3. The molecule has 40 heteroatoms. The first kappa shape index (κ1) is 131. The second-order valence-corrected chi connectivity index (χ2v) is 32.0. The van der Waals surface area contributed by atoms with Crippen molar-refractivity contribution in [3.63, 3.8) is 0 Å². The molecule has 0 aliphatic carbocycles. The molecule has 1 amide bonds. The first-order valence-electron chi connectivity index (χ1n) is 41.2. The molecule has 27 nitrogen and oxygen atoms in total. The predicted octanol–water partition coefficient (Wildman–Crippen LogP) is 18.7. The van der Waals surface area contributed by atoms with Crippen LogP contribution in [0.2, 0.25) is 0 Å². The summed E-state index contributed by atoms with van der Waals surface area (Å²) in [6.45, 7) is 3.64. The summed E-state index contributed by atoms with van der Waals surface area (Å²) in [7, 11) is 8.00. The van der Waals surface area contributed by atoms with Crippen LogP contribution >= 0.6 is 115 Å². The van der Waals surface area contributed by atoms with Crippen LogP contribution in [-0.2, 0) is 41.1 Å². The van der Waals surface area contributed by atoms with Crippen molar-refractivity contribution in [1.82, 2.24) is 0 Å². The molecule has 143 heavy (non-hydrogen) atoms. The molecule has 4 N–H and O–H groups in total. The van der Waals surface area contributed by atoms with Gasteiger partial charge in [-0.2, -0.15) is 18.2 Å². The minimum atomic E-state index is -1.14. The number of para-hydroxylation sites is 5. The number of nitro benzene ring substituents is 3. The van der Waals surface area contributed by atoms with E-state index in [-0.39, 0.29) is 167 Å². The third-order valence-corrected chi connectivity index (χ3v) is 21.2. The number of aliphatic hydroxyl groups is 1. The molecule has 0 saturated carbocycles. The quantitative estimate of drug-likeness (QED) is 0.00514. The Labute approximate surface area is 940 Å². The van der Waals surface area contributed by atoms with Crippen molar-refractivity contribution in [3.8, 4) is 28.7 Å². The number of benzene rings is 15. The Bertz CT molecular complexity index is 6610. The number of ketones is 3. The monoisotopic (exact) mass is 2380 g/mol. The number of anilines is 2. The van der Waals surface area contributed by atoms with E-state index in [1.54, 1.807) is 190 Å². The number of ether oxygens (including phenoxy) is 6. The Kier molecular flexibility index (Phi) is 67.6. The normalized spacial score (nSPS) is 10.4. The fraction of sp³-hybridized carbons (Fsp3) is 0.155. The molecule has 2 unspecified atom stereocenters. The molecule has 1 fully saturated rings. The zero-order valence-electron chi connectivity index (χ0n) is 78.0. The number of aldehydes is 1. The van der Waals surface area contributed by atoms with Gasteiger partial charge in [-0.3, -0.25) is 63.9 Å². The summed E-state index contributed by atoms with van der Waals surface area (Å²) in [4.78, 5) is 115.